The summed E-state index contributed by atoms with van der Waals surface area (Å²) in [6.45, 7) is 0.988. The maximum Gasteiger partial charge on any atom is 0.232 e. The monoisotopic (exact) mass is 396 g/mol. The highest BCUT2D eigenvalue weighted by Crippen LogP contribution is 2.37. The normalized spacial score (nSPS) is 16.9. The quantitative estimate of drug-likeness (QED) is 0.466. The van der Waals surface area contributed by atoms with Crippen LogP contribution in [0.4, 0.5) is 17.6 Å². The van der Waals surface area contributed by atoms with Crippen molar-refractivity contribution in [2.24, 2.45) is 0 Å². The first-order valence-corrected chi connectivity index (χ1v) is 10.8. The minimum absolute atomic E-state index is 0.789. The number of hydrogen-bond acceptors (Lipinski definition) is 5. The second-order valence-electron chi connectivity index (χ2n) is 8.14. The van der Waals surface area contributed by atoms with Gasteiger partial charge in [0.2, 0.25) is 5.95 Å². The molecule has 30 heavy (non-hydrogen) atoms. The van der Waals surface area contributed by atoms with Gasteiger partial charge in [0.05, 0.1) is 11.0 Å². The number of benzene rings is 2. The number of anilines is 3. The number of allylic oxidation sites excluding steroid dienone is 2. The van der Waals surface area contributed by atoms with Crippen LogP contribution in [0.5, 0.6) is 0 Å². The second-order valence-corrected chi connectivity index (χ2v) is 8.14. The van der Waals surface area contributed by atoms with Crippen LogP contribution >= 0.6 is 0 Å². The molecule has 1 aliphatic carbocycles. The molecule has 4 aromatic rings. The number of H-pyrrole nitrogens is 1. The fourth-order valence-electron chi connectivity index (χ4n) is 4.80. The van der Waals surface area contributed by atoms with Gasteiger partial charge in [-0.25, -0.2) is 4.98 Å². The van der Waals surface area contributed by atoms with Crippen LogP contribution in [-0.4, -0.2) is 26.7 Å². The zero-order valence-electron chi connectivity index (χ0n) is 16.9. The van der Waals surface area contributed by atoms with Gasteiger partial charge >= 0.3 is 0 Å². The summed E-state index contributed by atoms with van der Waals surface area (Å²) < 4.78 is 0. The smallest absolute Gasteiger partial charge is 0.232 e. The molecule has 150 valence electrons. The fourth-order valence-corrected chi connectivity index (χ4v) is 4.80. The molecule has 0 fully saturated rings. The largest absolute Gasteiger partial charge is 0.322 e. The summed E-state index contributed by atoms with van der Waals surface area (Å²) in [5.74, 6) is 2.39. The zero-order chi connectivity index (χ0) is 19.9. The van der Waals surface area contributed by atoms with E-state index in [-0.39, 0.29) is 0 Å². The van der Waals surface area contributed by atoms with Crippen molar-refractivity contribution in [2.45, 2.75) is 38.5 Å². The van der Waals surface area contributed by atoms with E-state index in [0.717, 1.165) is 52.4 Å². The molecule has 6 rings (SSSR count). The number of nitrogens with zero attached hydrogens (tertiary/aromatic N) is 4. The van der Waals surface area contributed by atoms with Crippen molar-refractivity contribution >= 4 is 39.4 Å². The Morgan fingerprint density at radius 1 is 0.800 bits per heavy atom. The Morgan fingerprint density at radius 3 is 2.57 bits per heavy atom. The molecular formula is C24H24N6. The van der Waals surface area contributed by atoms with Gasteiger partial charge in [-0.1, -0.05) is 29.8 Å². The SMILES string of the molecule is c1ccc2c(Nc3n[nH]c4ccccc34)nc(N3CCCC4=C3CCCC4)nc2c1. The van der Waals surface area contributed by atoms with Crippen molar-refractivity contribution in [1.29, 1.82) is 0 Å². The standard InChI is InChI=1S/C24H24N6/c1-6-14-21-16(8-1)9-7-15-30(21)24-25-19-12-4-2-10-17(19)22(27-24)26-23-18-11-3-5-13-20(18)28-29-23/h2-5,10-13H,1,6-9,14-15H2,(H2,25,26,27,28,29). The third-order valence-electron chi connectivity index (χ3n) is 6.28. The lowest BCUT2D eigenvalue weighted by Crippen LogP contribution is -2.31. The molecule has 0 unspecified atom stereocenters. The molecule has 2 aromatic carbocycles. The average Bonchev–Trinajstić information content (AvgIpc) is 3.21. The number of fused-ring (bicyclic) bond motifs is 2. The predicted octanol–water partition coefficient (Wildman–Crippen LogP) is 5.68. The van der Waals surface area contributed by atoms with Crippen LogP contribution in [0.2, 0.25) is 0 Å². The molecule has 2 N–H and O–H groups in total. The molecule has 6 nitrogen and oxygen atoms in total. The van der Waals surface area contributed by atoms with Gasteiger partial charge in [0.15, 0.2) is 5.82 Å². The molecule has 0 bridgehead atoms. The molecule has 0 saturated heterocycles. The first kappa shape index (κ1) is 17.4. The molecule has 2 aromatic heterocycles. The Hall–Kier alpha value is -3.41. The topological polar surface area (TPSA) is 69.7 Å². The molecule has 0 atom stereocenters. The minimum Gasteiger partial charge on any atom is -0.322 e. The summed E-state index contributed by atoms with van der Waals surface area (Å²) in [6.07, 6.45) is 7.32. The Bertz CT molecular complexity index is 1270. The molecule has 0 spiro atoms. The summed E-state index contributed by atoms with van der Waals surface area (Å²) in [4.78, 5) is 12.3. The average molecular weight is 396 g/mol. The van der Waals surface area contributed by atoms with Crippen LogP contribution in [0.25, 0.3) is 21.8 Å². The van der Waals surface area contributed by atoms with Crippen molar-refractivity contribution < 1.29 is 0 Å². The number of nitrogens with one attached hydrogen (secondary N) is 2. The third kappa shape index (κ3) is 2.91. The van der Waals surface area contributed by atoms with Crippen molar-refractivity contribution in [1.82, 2.24) is 20.2 Å². The van der Waals surface area contributed by atoms with E-state index in [9.17, 15) is 0 Å². The van der Waals surface area contributed by atoms with Gasteiger partial charge in [-0.2, -0.15) is 10.1 Å². The van der Waals surface area contributed by atoms with Gasteiger partial charge in [0, 0.05) is 23.0 Å². The highest BCUT2D eigenvalue weighted by molar-refractivity contribution is 5.96. The summed E-state index contributed by atoms with van der Waals surface area (Å²) >= 11 is 0. The Kier molecular flexibility index (Phi) is 4.15. The summed E-state index contributed by atoms with van der Waals surface area (Å²) in [5.41, 5.74) is 5.02. The highest BCUT2D eigenvalue weighted by atomic mass is 15.3. The zero-order valence-corrected chi connectivity index (χ0v) is 16.9. The Balaban J connectivity index is 1.47. The predicted molar refractivity (Wildman–Crippen MR) is 121 cm³/mol. The van der Waals surface area contributed by atoms with Crippen LogP contribution < -0.4 is 10.2 Å². The lowest BCUT2D eigenvalue weighted by atomic mass is 9.89. The van der Waals surface area contributed by atoms with Gasteiger partial charge < -0.3 is 10.2 Å². The van der Waals surface area contributed by atoms with Crippen molar-refractivity contribution in [2.75, 3.05) is 16.8 Å². The minimum atomic E-state index is 0.789. The fraction of sp³-hybridized carbons (Fsp3) is 0.292. The van der Waals surface area contributed by atoms with Crippen LogP contribution in [0.1, 0.15) is 38.5 Å². The van der Waals surface area contributed by atoms with Gasteiger partial charge in [-0.05, 0) is 62.8 Å². The molecule has 0 saturated carbocycles. The molecule has 2 aliphatic rings. The van der Waals surface area contributed by atoms with E-state index in [1.807, 2.05) is 30.3 Å². The summed E-state index contributed by atoms with van der Waals surface area (Å²) in [5, 5.41) is 13.1. The second kappa shape index (κ2) is 7.13. The highest BCUT2D eigenvalue weighted by Gasteiger charge is 2.26. The third-order valence-corrected chi connectivity index (χ3v) is 6.28. The van der Waals surface area contributed by atoms with E-state index in [2.05, 4.69) is 38.6 Å². The van der Waals surface area contributed by atoms with E-state index in [0.29, 0.717) is 0 Å². The first-order valence-electron chi connectivity index (χ1n) is 10.8. The van der Waals surface area contributed by atoms with Crippen molar-refractivity contribution in [3.05, 3.63) is 59.8 Å². The van der Waals surface area contributed by atoms with E-state index in [4.69, 9.17) is 9.97 Å². The van der Waals surface area contributed by atoms with Crippen LogP contribution in [0, 0.1) is 0 Å². The summed E-state index contributed by atoms with van der Waals surface area (Å²) in [6, 6.07) is 16.3. The van der Waals surface area contributed by atoms with Crippen molar-refractivity contribution in [3.8, 4) is 0 Å². The Morgan fingerprint density at radius 2 is 1.60 bits per heavy atom. The Labute approximate surface area is 175 Å². The molecule has 0 radical (unpaired) electrons. The molecule has 0 amide bonds. The van der Waals surface area contributed by atoms with E-state index in [1.165, 1.54) is 37.8 Å². The molecule has 6 heteroatoms. The number of rotatable bonds is 3. The van der Waals surface area contributed by atoms with Gasteiger partial charge in [-0.15, -0.1) is 0 Å². The maximum absolute atomic E-state index is 5.01. The molecule has 1 aliphatic heterocycles. The van der Waals surface area contributed by atoms with Crippen LogP contribution in [-0.2, 0) is 0 Å². The summed E-state index contributed by atoms with van der Waals surface area (Å²) in [7, 11) is 0. The number of aromatic amines is 1. The lowest BCUT2D eigenvalue weighted by molar-refractivity contribution is 0.574. The van der Waals surface area contributed by atoms with E-state index >= 15 is 0 Å². The molecule has 3 heterocycles. The lowest BCUT2D eigenvalue weighted by Gasteiger charge is -2.35. The number of hydrogen-bond donors (Lipinski definition) is 2. The van der Waals surface area contributed by atoms with E-state index < -0.39 is 0 Å². The van der Waals surface area contributed by atoms with Gasteiger partial charge in [0.1, 0.15) is 5.82 Å². The first-order chi connectivity index (χ1) is 14.9. The maximum atomic E-state index is 5.01. The van der Waals surface area contributed by atoms with Crippen molar-refractivity contribution in [3.63, 3.8) is 0 Å². The van der Waals surface area contributed by atoms with Gasteiger partial charge in [-0.3, -0.25) is 5.10 Å². The van der Waals surface area contributed by atoms with Crippen LogP contribution in [0.3, 0.4) is 0 Å². The number of aromatic nitrogens is 4. The number of para-hydroxylation sites is 2. The van der Waals surface area contributed by atoms with Gasteiger partial charge in [0.25, 0.3) is 0 Å². The molecular weight excluding hydrogens is 372 g/mol. The van der Waals surface area contributed by atoms with E-state index in [1.54, 1.807) is 5.57 Å². The van der Waals surface area contributed by atoms with Crippen LogP contribution in [0.15, 0.2) is 59.8 Å².